The molecule has 13 heavy (non-hydrogen) atoms. The van der Waals surface area contributed by atoms with Gasteiger partial charge in [-0.3, -0.25) is 4.79 Å². The lowest BCUT2D eigenvalue weighted by molar-refractivity contribution is -0.154. The number of carbonyl (C=O) groups is 1. The number of hydrogen-bond acceptors (Lipinski definition) is 2. The Bertz CT molecular complexity index is 199. The molecule has 1 heterocycles. The van der Waals surface area contributed by atoms with Gasteiger partial charge in [-0.05, 0) is 12.8 Å². The minimum absolute atomic E-state index is 0.0298. The maximum atomic E-state index is 11.5. The molecule has 1 unspecified atom stereocenters. The lowest BCUT2D eigenvalue weighted by atomic mass is 9.89. The molecule has 1 saturated carbocycles. The Morgan fingerprint density at radius 1 is 1.31 bits per heavy atom. The van der Waals surface area contributed by atoms with E-state index in [2.05, 4.69) is 0 Å². The summed E-state index contributed by atoms with van der Waals surface area (Å²) in [7, 11) is 0. The average molecular weight is 183 g/mol. The fraction of sp³-hybridized carbons (Fsp3) is 0.900. The molecule has 2 rings (SSSR count). The molecule has 1 N–H and O–H groups in total. The molecule has 0 radical (unpaired) electrons. The van der Waals surface area contributed by atoms with E-state index in [-0.39, 0.29) is 18.4 Å². The first-order valence-electron chi connectivity index (χ1n) is 5.24. The fourth-order valence-electron chi connectivity index (χ4n) is 2.39. The van der Waals surface area contributed by atoms with Gasteiger partial charge in [0.25, 0.3) is 0 Å². The number of nitrogens with zero attached hydrogens (tertiary/aromatic N) is 1. The summed E-state index contributed by atoms with van der Waals surface area (Å²) in [5.74, 6) is 0.0938. The van der Waals surface area contributed by atoms with Crippen molar-refractivity contribution in [1.82, 2.24) is 4.90 Å². The van der Waals surface area contributed by atoms with Crippen LogP contribution in [-0.4, -0.2) is 35.1 Å². The molecule has 1 aliphatic carbocycles. The van der Waals surface area contributed by atoms with Gasteiger partial charge in [-0.1, -0.05) is 19.3 Å². The van der Waals surface area contributed by atoms with Gasteiger partial charge in [-0.15, -0.1) is 0 Å². The van der Waals surface area contributed by atoms with Gasteiger partial charge in [-0.25, -0.2) is 0 Å². The van der Waals surface area contributed by atoms with Crippen molar-refractivity contribution in [1.29, 1.82) is 0 Å². The molecule has 1 atom stereocenters. The fourth-order valence-corrected chi connectivity index (χ4v) is 2.39. The molecule has 1 amide bonds. The van der Waals surface area contributed by atoms with E-state index in [9.17, 15) is 4.79 Å². The molecule has 3 heteroatoms. The number of aliphatic hydroxyl groups is 1. The van der Waals surface area contributed by atoms with Crippen LogP contribution in [-0.2, 0) is 4.79 Å². The van der Waals surface area contributed by atoms with Crippen LogP contribution < -0.4 is 0 Å². The van der Waals surface area contributed by atoms with Gasteiger partial charge in [0.15, 0.2) is 0 Å². The summed E-state index contributed by atoms with van der Waals surface area (Å²) in [5.41, 5.74) is 0. The minimum atomic E-state index is -0.0815. The monoisotopic (exact) mass is 183 g/mol. The summed E-state index contributed by atoms with van der Waals surface area (Å²) >= 11 is 0. The molecule has 0 aromatic heterocycles. The Hall–Kier alpha value is -0.570. The third-order valence-corrected chi connectivity index (χ3v) is 3.29. The zero-order chi connectivity index (χ0) is 9.26. The summed E-state index contributed by atoms with van der Waals surface area (Å²) in [5, 5.41) is 8.83. The van der Waals surface area contributed by atoms with Crippen molar-refractivity contribution < 1.29 is 9.90 Å². The number of carbonyl (C=O) groups excluding carboxylic acids is 1. The molecule has 2 aliphatic rings. The van der Waals surface area contributed by atoms with Crippen LogP contribution >= 0.6 is 0 Å². The van der Waals surface area contributed by atoms with Crippen LogP contribution in [0.25, 0.3) is 0 Å². The molecule has 0 aromatic rings. The van der Waals surface area contributed by atoms with Crippen LogP contribution in [0.3, 0.4) is 0 Å². The molecule has 0 aromatic carbocycles. The van der Waals surface area contributed by atoms with Gasteiger partial charge in [0.05, 0.1) is 12.5 Å². The van der Waals surface area contributed by atoms with Crippen molar-refractivity contribution in [3.05, 3.63) is 0 Å². The van der Waals surface area contributed by atoms with Gasteiger partial charge in [0, 0.05) is 12.6 Å². The SMILES string of the molecule is O=C1C(CO)CN1C1CCCCC1. The van der Waals surface area contributed by atoms with Gasteiger partial charge in [0.2, 0.25) is 5.91 Å². The Morgan fingerprint density at radius 3 is 2.54 bits per heavy atom. The molecule has 2 fully saturated rings. The quantitative estimate of drug-likeness (QED) is 0.642. The van der Waals surface area contributed by atoms with Crippen molar-refractivity contribution in [2.24, 2.45) is 5.92 Å². The van der Waals surface area contributed by atoms with Gasteiger partial charge >= 0.3 is 0 Å². The third kappa shape index (κ3) is 1.57. The van der Waals surface area contributed by atoms with E-state index in [0.29, 0.717) is 6.04 Å². The van der Waals surface area contributed by atoms with E-state index in [0.717, 1.165) is 6.54 Å². The number of likely N-dealkylation sites (tertiary alicyclic amines) is 1. The highest BCUT2D eigenvalue weighted by atomic mass is 16.3. The van der Waals surface area contributed by atoms with Crippen LogP contribution in [0.2, 0.25) is 0 Å². The van der Waals surface area contributed by atoms with E-state index in [1.54, 1.807) is 0 Å². The Morgan fingerprint density at radius 2 is 2.00 bits per heavy atom. The standard InChI is InChI=1S/C10H17NO2/c12-7-8-6-11(10(8)13)9-4-2-1-3-5-9/h8-9,12H,1-7H2. The maximum Gasteiger partial charge on any atom is 0.230 e. The van der Waals surface area contributed by atoms with E-state index >= 15 is 0 Å². The normalized spacial score (nSPS) is 30.4. The van der Waals surface area contributed by atoms with Crippen molar-refractivity contribution in [3.63, 3.8) is 0 Å². The maximum absolute atomic E-state index is 11.5. The zero-order valence-corrected chi connectivity index (χ0v) is 7.91. The molecule has 0 bridgehead atoms. The molecule has 0 spiro atoms. The number of hydrogen-bond donors (Lipinski definition) is 1. The number of amides is 1. The lowest BCUT2D eigenvalue weighted by Gasteiger charge is -2.44. The second kappa shape index (κ2) is 3.66. The van der Waals surface area contributed by atoms with Crippen molar-refractivity contribution in [2.75, 3.05) is 13.2 Å². The summed E-state index contributed by atoms with van der Waals surface area (Å²) in [6.07, 6.45) is 6.19. The summed E-state index contributed by atoms with van der Waals surface area (Å²) in [6.45, 7) is 0.821. The highest BCUT2D eigenvalue weighted by Gasteiger charge is 2.40. The Labute approximate surface area is 78.7 Å². The predicted molar refractivity (Wildman–Crippen MR) is 49.2 cm³/mol. The summed E-state index contributed by atoms with van der Waals surface area (Å²) < 4.78 is 0. The van der Waals surface area contributed by atoms with Crippen LogP contribution in [0.5, 0.6) is 0 Å². The lowest BCUT2D eigenvalue weighted by Crippen LogP contribution is -2.58. The van der Waals surface area contributed by atoms with E-state index in [4.69, 9.17) is 5.11 Å². The number of aliphatic hydroxyl groups excluding tert-OH is 1. The first-order valence-corrected chi connectivity index (χ1v) is 5.24. The van der Waals surface area contributed by atoms with Crippen LogP contribution in [0.4, 0.5) is 0 Å². The molecular weight excluding hydrogens is 166 g/mol. The summed E-state index contributed by atoms with van der Waals surface area (Å²) in [4.78, 5) is 13.4. The molecular formula is C10H17NO2. The van der Waals surface area contributed by atoms with Gasteiger partial charge in [-0.2, -0.15) is 0 Å². The largest absolute Gasteiger partial charge is 0.395 e. The minimum Gasteiger partial charge on any atom is -0.395 e. The van der Waals surface area contributed by atoms with E-state index in [1.165, 1.54) is 32.1 Å². The second-order valence-corrected chi connectivity index (χ2v) is 4.16. The number of rotatable bonds is 2. The van der Waals surface area contributed by atoms with Gasteiger partial charge in [0.1, 0.15) is 0 Å². The first kappa shape index (κ1) is 9.00. The van der Waals surface area contributed by atoms with Crippen LogP contribution in [0.1, 0.15) is 32.1 Å². The molecule has 1 saturated heterocycles. The smallest absolute Gasteiger partial charge is 0.230 e. The van der Waals surface area contributed by atoms with Crippen molar-refractivity contribution >= 4 is 5.91 Å². The first-order chi connectivity index (χ1) is 6.33. The second-order valence-electron chi connectivity index (χ2n) is 4.16. The van der Waals surface area contributed by atoms with Crippen molar-refractivity contribution in [3.8, 4) is 0 Å². The predicted octanol–water partition coefficient (Wildman–Crippen LogP) is 0.770. The summed E-state index contributed by atoms with van der Waals surface area (Å²) in [6, 6.07) is 0.490. The topological polar surface area (TPSA) is 40.5 Å². The highest BCUT2D eigenvalue weighted by molar-refractivity contribution is 5.85. The molecule has 74 valence electrons. The Kier molecular flexibility index (Phi) is 2.54. The Balaban J connectivity index is 1.85. The molecule has 1 aliphatic heterocycles. The number of β-lactam (4-membered cyclic amide) rings is 1. The molecule has 3 nitrogen and oxygen atoms in total. The van der Waals surface area contributed by atoms with Crippen LogP contribution in [0.15, 0.2) is 0 Å². The van der Waals surface area contributed by atoms with Crippen LogP contribution in [0, 0.1) is 5.92 Å². The zero-order valence-electron chi connectivity index (χ0n) is 7.91. The third-order valence-electron chi connectivity index (χ3n) is 3.29. The highest BCUT2D eigenvalue weighted by Crippen LogP contribution is 2.29. The van der Waals surface area contributed by atoms with E-state index in [1.807, 2.05) is 4.90 Å². The van der Waals surface area contributed by atoms with E-state index < -0.39 is 0 Å². The van der Waals surface area contributed by atoms with Gasteiger partial charge < -0.3 is 10.0 Å². The average Bonchev–Trinajstić information content (AvgIpc) is 2.18. The van der Waals surface area contributed by atoms with Crippen molar-refractivity contribution in [2.45, 2.75) is 38.1 Å².